The number of nitrogens with two attached hydrogens (primary N) is 3. The molecule has 3 aromatic heterocycles. The van der Waals surface area contributed by atoms with Crippen molar-refractivity contribution in [3.05, 3.63) is 90.3 Å². The molecule has 12 heteroatoms. The Hall–Kier alpha value is -3.09. The quantitative estimate of drug-likeness (QED) is 0.317. The average molecular weight is 622 g/mol. The van der Waals surface area contributed by atoms with Crippen LogP contribution in [-0.2, 0) is 19.3 Å². The molecule has 0 radical (unpaired) electrons. The van der Waals surface area contributed by atoms with Crippen LogP contribution in [0.4, 0.5) is 0 Å². The molecule has 0 amide bonds. The maximum absolute atomic E-state index is 5.60. The molecular formula is C30H39N9S3. The van der Waals surface area contributed by atoms with E-state index in [1.807, 2.05) is 43.0 Å². The lowest BCUT2D eigenvalue weighted by molar-refractivity contribution is 0.676. The summed E-state index contributed by atoms with van der Waals surface area (Å²) in [5.41, 5.74) is 20.5. The molecule has 6 heterocycles. The summed E-state index contributed by atoms with van der Waals surface area (Å²) in [6.07, 6.45) is 15.5. The summed E-state index contributed by atoms with van der Waals surface area (Å²) >= 11 is 4.96. The summed E-state index contributed by atoms with van der Waals surface area (Å²) in [5.74, 6) is 3.10. The summed E-state index contributed by atoms with van der Waals surface area (Å²) in [6, 6.07) is 15.4. The van der Waals surface area contributed by atoms with Crippen LogP contribution in [0.15, 0.2) is 88.4 Å². The Balaban J connectivity index is 0.000000145. The summed E-state index contributed by atoms with van der Waals surface area (Å²) in [4.78, 5) is 25.4. The van der Waals surface area contributed by atoms with Crippen molar-refractivity contribution in [2.45, 2.75) is 56.7 Å². The van der Waals surface area contributed by atoms with Gasteiger partial charge < -0.3 is 17.2 Å². The van der Waals surface area contributed by atoms with Crippen molar-refractivity contribution in [2.75, 3.05) is 17.3 Å². The Bertz CT molecular complexity index is 1130. The van der Waals surface area contributed by atoms with Gasteiger partial charge in [0.25, 0.3) is 0 Å². The molecule has 0 saturated heterocycles. The van der Waals surface area contributed by atoms with Gasteiger partial charge in [-0.1, -0.05) is 47.4 Å². The molecule has 0 spiro atoms. The maximum Gasteiger partial charge on any atom is 0.154 e. The monoisotopic (exact) mass is 621 g/mol. The van der Waals surface area contributed by atoms with E-state index >= 15 is 0 Å². The van der Waals surface area contributed by atoms with Gasteiger partial charge in [0.05, 0.1) is 18.1 Å². The largest absolute Gasteiger partial charge is 0.379 e. The molecule has 6 rings (SSSR count). The third-order valence-corrected chi connectivity index (χ3v) is 9.52. The van der Waals surface area contributed by atoms with Crippen molar-refractivity contribution in [3.63, 3.8) is 0 Å². The van der Waals surface area contributed by atoms with Gasteiger partial charge in [-0.15, -0.1) is 0 Å². The Morgan fingerprint density at radius 1 is 0.571 bits per heavy atom. The standard InChI is InChI=1S/3C10H13N3S/c11-10-13-9(7-14-10)2-1-8-3-5-12-6-4-8;11-10-13-9(7-14-10)4-3-8-2-1-5-12-6-8;11-10-13-9(7-14-10)5-4-8-3-1-2-6-12-8/h3-6,9H,1-2,7H2,(H2,11,13);1-2,5-6,9H,3-4,7H2,(H2,11,13);1-3,6,9H,4-5,7H2,(H2,11,13). The van der Waals surface area contributed by atoms with E-state index in [2.05, 4.69) is 54.2 Å². The predicted molar refractivity (Wildman–Crippen MR) is 181 cm³/mol. The van der Waals surface area contributed by atoms with Crippen LogP contribution in [0.1, 0.15) is 36.1 Å². The fourth-order valence-corrected chi connectivity index (χ4v) is 6.86. The third kappa shape index (κ3) is 12.0. The molecule has 6 N–H and O–H groups in total. The van der Waals surface area contributed by atoms with E-state index in [9.17, 15) is 0 Å². The van der Waals surface area contributed by atoms with Crippen molar-refractivity contribution < 1.29 is 0 Å². The molecule has 0 saturated carbocycles. The molecule has 3 aliphatic rings. The van der Waals surface area contributed by atoms with Gasteiger partial charge in [0, 0.05) is 53.9 Å². The van der Waals surface area contributed by atoms with Crippen molar-refractivity contribution >= 4 is 50.8 Å². The zero-order chi connectivity index (χ0) is 29.4. The Morgan fingerprint density at radius 2 is 1.14 bits per heavy atom. The fourth-order valence-electron chi connectivity index (χ4n) is 4.37. The highest BCUT2D eigenvalue weighted by Crippen LogP contribution is 2.20. The smallest absolute Gasteiger partial charge is 0.154 e. The number of rotatable bonds is 9. The van der Waals surface area contributed by atoms with Gasteiger partial charge in [-0.2, -0.15) is 0 Å². The minimum absolute atomic E-state index is 0.391. The van der Waals surface area contributed by atoms with E-state index < -0.39 is 0 Å². The first-order valence-electron chi connectivity index (χ1n) is 14.1. The summed E-state index contributed by atoms with van der Waals surface area (Å²) in [5, 5.41) is 2.21. The number of amidine groups is 3. The molecular weight excluding hydrogens is 583 g/mol. The van der Waals surface area contributed by atoms with Gasteiger partial charge in [-0.25, -0.2) is 0 Å². The van der Waals surface area contributed by atoms with Crippen LogP contribution in [0, 0.1) is 0 Å². The Morgan fingerprint density at radius 3 is 1.62 bits per heavy atom. The van der Waals surface area contributed by atoms with E-state index in [1.54, 1.807) is 41.5 Å². The normalized spacial score (nSPS) is 20.9. The van der Waals surface area contributed by atoms with Crippen LogP contribution >= 0.6 is 35.3 Å². The lowest BCUT2D eigenvalue weighted by atomic mass is 10.1. The number of hydrogen-bond donors (Lipinski definition) is 3. The molecule has 0 aromatic carbocycles. The van der Waals surface area contributed by atoms with E-state index in [4.69, 9.17) is 17.2 Å². The van der Waals surface area contributed by atoms with Crippen LogP contribution in [0.25, 0.3) is 0 Å². The number of thioether (sulfide) groups is 3. The number of hydrogen-bond acceptors (Lipinski definition) is 12. The predicted octanol–water partition coefficient (Wildman–Crippen LogP) is 4.33. The highest BCUT2D eigenvalue weighted by molar-refractivity contribution is 8.14. The van der Waals surface area contributed by atoms with Gasteiger partial charge in [0.1, 0.15) is 0 Å². The third-order valence-electron chi connectivity index (χ3n) is 6.66. The van der Waals surface area contributed by atoms with E-state index in [-0.39, 0.29) is 0 Å². The lowest BCUT2D eigenvalue weighted by Gasteiger charge is -2.04. The molecule has 3 atom stereocenters. The molecule has 0 bridgehead atoms. The van der Waals surface area contributed by atoms with E-state index in [1.165, 1.54) is 11.1 Å². The van der Waals surface area contributed by atoms with Crippen LogP contribution < -0.4 is 17.2 Å². The number of pyridine rings is 3. The van der Waals surface area contributed by atoms with Gasteiger partial charge in [0.2, 0.25) is 0 Å². The second-order valence-corrected chi connectivity index (χ2v) is 13.1. The second kappa shape index (κ2) is 17.8. The number of aromatic nitrogens is 3. The minimum atomic E-state index is 0.391. The zero-order valence-corrected chi connectivity index (χ0v) is 26.1. The molecule has 9 nitrogen and oxygen atoms in total. The Labute approximate surface area is 261 Å². The first-order valence-corrected chi connectivity index (χ1v) is 17.0. The van der Waals surface area contributed by atoms with Crippen molar-refractivity contribution in [3.8, 4) is 0 Å². The first kappa shape index (κ1) is 31.8. The highest BCUT2D eigenvalue weighted by atomic mass is 32.2. The van der Waals surface area contributed by atoms with E-state index in [0.29, 0.717) is 18.1 Å². The van der Waals surface area contributed by atoms with Crippen LogP contribution in [0.2, 0.25) is 0 Å². The molecule has 0 aliphatic carbocycles. The number of nitrogens with zero attached hydrogens (tertiary/aromatic N) is 6. The average Bonchev–Trinajstić information content (AvgIpc) is 3.77. The maximum atomic E-state index is 5.60. The first-order chi connectivity index (χ1) is 20.5. The highest BCUT2D eigenvalue weighted by Gasteiger charge is 2.17. The van der Waals surface area contributed by atoms with Crippen LogP contribution in [-0.4, -0.2) is 65.8 Å². The fraction of sp³-hybridized carbons (Fsp3) is 0.400. The lowest BCUT2D eigenvalue weighted by Crippen LogP contribution is -2.06. The minimum Gasteiger partial charge on any atom is -0.379 e. The SMILES string of the molecule is NC1=NC(CCc2ccccn2)CS1.NC1=NC(CCc2cccnc2)CS1.NC1=NC(CCc2ccncc2)CS1. The van der Waals surface area contributed by atoms with Gasteiger partial charge in [-0.05, 0) is 80.0 Å². The van der Waals surface area contributed by atoms with Crippen molar-refractivity contribution in [2.24, 2.45) is 32.2 Å². The molecule has 3 unspecified atom stereocenters. The molecule has 0 fully saturated rings. The zero-order valence-electron chi connectivity index (χ0n) is 23.7. The number of aryl methyl sites for hydroxylation is 3. The summed E-state index contributed by atoms with van der Waals surface area (Å²) in [7, 11) is 0. The Kier molecular flexibility index (Phi) is 13.5. The van der Waals surface area contributed by atoms with Crippen molar-refractivity contribution in [1.82, 2.24) is 15.0 Å². The van der Waals surface area contributed by atoms with Crippen molar-refractivity contribution in [1.29, 1.82) is 0 Å². The number of aliphatic imine (C=N–C) groups is 3. The van der Waals surface area contributed by atoms with E-state index in [0.717, 1.165) is 77.0 Å². The van der Waals surface area contributed by atoms with Gasteiger partial charge in [-0.3, -0.25) is 29.9 Å². The summed E-state index contributed by atoms with van der Waals surface area (Å²) in [6.45, 7) is 0. The van der Waals surface area contributed by atoms with Gasteiger partial charge in [0.15, 0.2) is 15.5 Å². The summed E-state index contributed by atoms with van der Waals surface area (Å²) < 4.78 is 0. The second-order valence-electron chi connectivity index (χ2n) is 9.95. The molecule has 3 aliphatic heterocycles. The molecule has 222 valence electrons. The topological polar surface area (TPSA) is 154 Å². The van der Waals surface area contributed by atoms with Crippen LogP contribution in [0.5, 0.6) is 0 Å². The molecule has 3 aromatic rings. The van der Waals surface area contributed by atoms with Crippen LogP contribution in [0.3, 0.4) is 0 Å². The van der Waals surface area contributed by atoms with Gasteiger partial charge >= 0.3 is 0 Å². The molecule has 42 heavy (non-hydrogen) atoms.